The topological polar surface area (TPSA) is 46.5 Å². The molecule has 1 aromatic carbocycles. The highest BCUT2D eigenvalue weighted by Gasteiger charge is 2.09. The smallest absolute Gasteiger partial charge is 0.306 e. The number of esters is 1. The predicted molar refractivity (Wildman–Crippen MR) is 67.1 cm³/mol. The maximum Gasteiger partial charge on any atom is 0.306 e. The van der Waals surface area contributed by atoms with E-state index in [0.29, 0.717) is 25.2 Å². The molecular formula is C14H20O3. The van der Waals surface area contributed by atoms with Gasteiger partial charge in [0.15, 0.2) is 0 Å². The molecule has 0 bridgehead atoms. The number of aromatic hydroxyl groups is 1. The molecule has 1 rings (SSSR count). The van der Waals surface area contributed by atoms with E-state index in [0.717, 1.165) is 24.0 Å². The summed E-state index contributed by atoms with van der Waals surface area (Å²) in [6.07, 6.45) is 2.81. The normalized spacial score (nSPS) is 10.2. The van der Waals surface area contributed by atoms with E-state index in [4.69, 9.17) is 4.74 Å². The van der Waals surface area contributed by atoms with Crippen LogP contribution in [0.15, 0.2) is 18.2 Å². The quantitative estimate of drug-likeness (QED) is 0.772. The molecule has 0 spiro atoms. The molecule has 0 atom stereocenters. The second kappa shape index (κ2) is 6.94. The second-order valence-corrected chi connectivity index (χ2v) is 3.97. The van der Waals surface area contributed by atoms with E-state index in [1.807, 2.05) is 12.1 Å². The Balaban J connectivity index is 2.69. The van der Waals surface area contributed by atoms with Gasteiger partial charge in [-0.05, 0) is 37.0 Å². The van der Waals surface area contributed by atoms with Crippen LogP contribution in [-0.2, 0) is 22.4 Å². The third kappa shape index (κ3) is 4.10. The minimum absolute atomic E-state index is 0.182. The monoisotopic (exact) mass is 236 g/mol. The number of carbonyl (C=O) groups is 1. The van der Waals surface area contributed by atoms with Crippen molar-refractivity contribution >= 4 is 5.97 Å². The van der Waals surface area contributed by atoms with Crippen LogP contribution in [0.1, 0.15) is 37.8 Å². The van der Waals surface area contributed by atoms with Gasteiger partial charge < -0.3 is 9.84 Å². The molecule has 3 nitrogen and oxygen atoms in total. The molecule has 0 radical (unpaired) electrons. The van der Waals surface area contributed by atoms with Crippen LogP contribution in [0.3, 0.4) is 0 Å². The van der Waals surface area contributed by atoms with E-state index in [1.165, 1.54) is 0 Å². The fourth-order valence-corrected chi connectivity index (χ4v) is 1.86. The Morgan fingerprint density at radius 3 is 2.71 bits per heavy atom. The van der Waals surface area contributed by atoms with Crippen molar-refractivity contribution in [2.75, 3.05) is 6.61 Å². The van der Waals surface area contributed by atoms with Crippen LogP contribution in [0.25, 0.3) is 0 Å². The number of rotatable bonds is 6. The third-order valence-electron chi connectivity index (χ3n) is 2.65. The average molecular weight is 236 g/mol. The van der Waals surface area contributed by atoms with Crippen molar-refractivity contribution in [1.82, 2.24) is 0 Å². The number of phenolic OH excluding ortho intramolecular Hbond substituents is 1. The Labute approximate surface area is 102 Å². The fraction of sp³-hybridized carbons (Fsp3) is 0.500. The summed E-state index contributed by atoms with van der Waals surface area (Å²) in [5, 5.41) is 9.77. The van der Waals surface area contributed by atoms with Gasteiger partial charge >= 0.3 is 5.97 Å². The van der Waals surface area contributed by atoms with Crippen LogP contribution in [-0.4, -0.2) is 17.7 Å². The Morgan fingerprint density at radius 1 is 1.29 bits per heavy atom. The molecule has 1 aromatic rings. The number of phenols is 1. The van der Waals surface area contributed by atoms with Gasteiger partial charge in [-0.3, -0.25) is 4.79 Å². The van der Waals surface area contributed by atoms with Crippen molar-refractivity contribution < 1.29 is 14.6 Å². The Hall–Kier alpha value is -1.51. The standard InChI is InChI=1S/C14H20O3/c1-3-6-12-11(7-5-8-13(12)15)9-10-14(16)17-4-2/h5,7-8,15H,3-4,6,9-10H2,1-2H3. The Kier molecular flexibility index (Phi) is 5.53. The van der Waals surface area contributed by atoms with Gasteiger partial charge in [-0.25, -0.2) is 0 Å². The van der Waals surface area contributed by atoms with Crippen molar-refractivity contribution in [2.24, 2.45) is 0 Å². The maximum absolute atomic E-state index is 11.3. The molecule has 1 N–H and O–H groups in total. The average Bonchev–Trinajstić information content (AvgIpc) is 2.30. The molecule has 94 valence electrons. The van der Waals surface area contributed by atoms with E-state index in [9.17, 15) is 9.90 Å². The summed E-state index contributed by atoms with van der Waals surface area (Å²) < 4.78 is 4.89. The lowest BCUT2D eigenvalue weighted by Gasteiger charge is -2.10. The SMILES string of the molecule is CCCc1c(O)cccc1CCC(=O)OCC. The first-order valence-corrected chi connectivity index (χ1v) is 6.14. The first-order chi connectivity index (χ1) is 8.19. The van der Waals surface area contributed by atoms with Gasteiger partial charge in [-0.15, -0.1) is 0 Å². The molecule has 0 aromatic heterocycles. The lowest BCUT2D eigenvalue weighted by atomic mass is 9.98. The Morgan fingerprint density at radius 2 is 2.06 bits per heavy atom. The lowest BCUT2D eigenvalue weighted by Crippen LogP contribution is -2.06. The summed E-state index contributed by atoms with van der Waals surface area (Å²) in [6.45, 7) is 4.29. The highest BCUT2D eigenvalue weighted by atomic mass is 16.5. The highest BCUT2D eigenvalue weighted by Crippen LogP contribution is 2.23. The molecule has 17 heavy (non-hydrogen) atoms. The minimum Gasteiger partial charge on any atom is -0.508 e. The number of hydrogen-bond donors (Lipinski definition) is 1. The van der Waals surface area contributed by atoms with Gasteiger partial charge in [0.25, 0.3) is 0 Å². The first kappa shape index (κ1) is 13.6. The molecule has 0 heterocycles. The summed E-state index contributed by atoms with van der Waals surface area (Å²) in [5.41, 5.74) is 2.00. The summed E-state index contributed by atoms with van der Waals surface area (Å²) in [6, 6.07) is 5.47. The fourth-order valence-electron chi connectivity index (χ4n) is 1.86. The van der Waals surface area contributed by atoms with Crippen LogP contribution in [0, 0.1) is 0 Å². The van der Waals surface area contributed by atoms with Crippen LogP contribution >= 0.6 is 0 Å². The summed E-state index contributed by atoms with van der Waals surface area (Å²) in [5.74, 6) is 0.145. The lowest BCUT2D eigenvalue weighted by molar-refractivity contribution is -0.143. The molecule has 0 amide bonds. The van der Waals surface area contributed by atoms with Crippen LogP contribution in [0.2, 0.25) is 0 Å². The van der Waals surface area contributed by atoms with Crippen LogP contribution < -0.4 is 0 Å². The van der Waals surface area contributed by atoms with Crippen LogP contribution in [0.4, 0.5) is 0 Å². The molecule has 0 aliphatic heterocycles. The zero-order valence-corrected chi connectivity index (χ0v) is 10.5. The van der Waals surface area contributed by atoms with E-state index in [2.05, 4.69) is 6.92 Å². The maximum atomic E-state index is 11.3. The number of ether oxygens (including phenoxy) is 1. The Bertz CT molecular complexity index is 372. The van der Waals surface area contributed by atoms with Gasteiger partial charge in [-0.1, -0.05) is 25.5 Å². The zero-order valence-electron chi connectivity index (χ0n) is 10.5. The summed E-state index contributed by atoms with van der Waals surface area (Å²) in [4.78, 5) is 11.3. The van der Waals surface area contributed by atoms with Crippen molar-refractivity contribution in [2.45, 2.75) is 39.5 Å². The number of hydrogen-bond acceptors (Lipinski definition) is 3. The van der Waals surface area contributed by atoms with Crippen molar-refractivity contribution in [3.8, 4) is 5.75 Å². The molecule has 0 aliphatic rings. The van der Waals surface area contributed by atoms with Gasteiger partial charge in [0.1, 0.15) is 5.75 Å². The van der Waals surface area contributed by atoms with Crippen LogP contribution in [0.5, 0.6) is 5.75 Å². The van der Waals surface area contributed by atoms with Crippen molar-refractivity contribution in [3.05, 3.63) is 29.3 Å². The van der Waals surface area contributed by atoms with E-state index in [1.54, 1.807) is 13.0 Å². The van der Waals surface area contributed by atoms with Gasteiger partial charge in [-0.2, -0.15) is 0 Å². The molecule has 0 unspecified atom stereocenters. The summed E-state index contributed by atoms with van der Waals surface area (Å²) >= 11 is 0. The van der Waals surface area contributed by atoms with Crippen molar-refractivity contribution in [3.63, 3.8) is 0 Å². The largest absolute Gasteiger partial charge is 0.508 e. The molecule has 0 fully saturated rings. The molecule has 3 heteroatoms. The summed E-state index contributed by atoms with van der Waals surface area (Å²) in [7, 11) is 0. The van der Waals surface area contributed by atoms with Crippen molar-refractivity contribution in [1.29, 1.82) is 0 Å². The van der Waals surface area contributed by atoms with E-state index in [-0.39, 0.29) is 5.97 Å². The van der Waals surface area contributed by atoms with Gasteiger partial charge in [0.05, 0.1) is 6.61 Å². The molecule has 0 saturated carbocycles. The van der Waals surface area contributed by atoms with E-state index < -0.39 is 0 Å². The molecule has 0 saturated heterocycles. The number of carbonyl (C=O) groups excluding carboxylic acids is 1. The molecular weight excluding hydrogens is 216 g/mol. The second-order valence-electron chi connectivity index (χ2n) is 3.97. The van der Waals surface area contributed by atoms with Gasteiger partial charge in [0.2, 0.25) is 0 Å². The third-order valence-corrected chi connectivity index (χ3v) is 2.65. The highest BCUT2D eigenvalue weighted by molar-refractivity contribution is 5.69. The predicted octanol–water partition coefficient (Wildman–Crippen LogP) is 2.84. The minimum atomic E-state index is -0.182. The zero-order chi connectivity index (χ0) is 12.7. The van der Waals surface area contributed by atoms with E-state index >= 15 is 0 Å². The number of aryl methyl sites for hydroxylation is 1. The molecule has 0 aliphatic carbocycles. The number of benzene rings is 1. The first-order valence-electron chi connectivity index (χ1n) is 6.14. The van der Waals surface area contributed by atoms with Gasteiger partial charge in [0, 0.05) is 6.42 Å².